The molecule has 1 aromatic carbocycles. The first kappa shape index (κ1) is 22.0. The molecular weight excluding hydrogens is 456 g/mol. The molecular formula is C20H15ClF4N4O3. The third-order valence-electron chi connectivity index (χ3n) is 4.56. The van der Waals surface area contributed by atoms with Crippen molar-refractivity contribution in [1.82, 2.24) is 19.5 Å². The van der Waals surface area contributed by atoms with E-state index in [1.807, 2.05) is 0 Å². The first-order valence-corrected chi connectivity index (χ1v) is 9.62. The summed E-state index contributed by atoms with van der Waals surface area (Å²) in [4.78, 5) is 8.41. The highest BCUT2D eigenvalue weighted by molar-refractivity contribution is 6.33. The third-order valence-corrected chi connectivity index (χ3v) is 4.87. The smallest absolute Gasteiger partial charge is 0.417 e. The molecule has 1 N–H and O–H groups in total. The number of benzene rings is 1. The highest BCUT2D eigenvalue weighted by Crippen LogP contribution is 2.34. The minimum Gasteiger partial charge on any atom is -0.485 e. The Morgan fingerprint density at radius 3 is 2.66 bits per heavy atom. The zero-order chi connectivity index (χ0) is 23.2. The van der Waals surface area contributed by atoms with Crippen LogP contribution in [0.3, 0.4) is 0 Å². The summed E-state index contributed by atoms with van der Waals surface area (Å²) in [6, 6.07) is 3.27. The number of hydrogen-bond acceptors (Lipinski definition) is 6. The van der Waals surface area contributed by atoms with Crippen molar-refractivity contribution in [1.29, 1.82) is 0 Å². The first-order valence-electron chi connectivity index (χ1n) is 9.24. The number of ether oxygens (including phenoxy) is 1. The molecule has 0 unspecified atom stereocenters. The molecule has 3 heterocycles. The van der Waals surface area contributed by atoms with Gasteiger partial charge in [-0.15, -0.1) is 0 Å². The van der Waals surface area contributed by atoms with E-state index in [-0.39, 0.29) is 46.0 Å². The Bertz CT molecular complexity index is 1300. The fraction of sp³-hybridized carbons (Fsp3) is 0.250. The number of aryl methyl sites for hydroxylation is 1. The van der Waals surface area contributed by atoms with Crippen LogP contribution in [-0.4, -0.2) is 37.3 Å². The maximum absolute atomic E-state index is 14.4. The van der Waals surface area contributed by atoms with Gasteiger partial charge in [-0.1, -0.05) is 16.8 Å². The van der Waals surface area contributed by atoms with E-state index >= 15 is 0 Å². The highest BCUT2D eigenvalue weighted by atomic mass is 35.5. The van der Waals surface area contributed by atoms with Crippen LogP contribution in [0.1, 0.15) is 18.1 Å². The average molecular weight is 471 g/mol. The Morgan fingerprint density at radius 2 is 1.97 bits per heavy atom. The van der Waals surface area contributed by atoms with Gasteiger partial charge in [-0.25, -0.2) is 9.37 Å². The second kappa shape index (κ2) is 8.06. The summed E-state index contributed by atoms with van der Waals surface area (Å²) in [5.74, 6) is -1.03. The molecule has 0 radical (unpaired) electrons. The van der Waals surface area contributed by atoms with Crippen LogP contribution in [0.25, 0.3) is 28.6 Å². The molecule has 0 spiro atoms. The fourth-order valence-corrected chi connectivity index (χ4v) is 3.25. The summed E-state index contributed by atoms with van der Waals surface area (Å²) in [7, 11) is 0. The van der Waals surface area contributed by atoms with E-state index in [0.29, 0.717) is 5.56 Å². The minimum atomic E-state index is -4.51. The van der Waals surface area contributed by atoms with Gasteiger partial charge in [-0.05, 0) is 31.5 Å². The third kappa shape index (κ3) is 4.13. The van der Waals surface area contributed by atoms with Crippen LogP contribution < -0.4 is 4.74 Å². The molecule has 12 heteroatoms. The lowest BCUT2D eigenvalue weighted by atomic mass is 10.2. The average Bonchev–Trinajstić information content (AvgIpc) is 3.37. The standard InChI is InChI=1S/C20H15ClF4N4O3/c1-9-3-11(20(23,24)25)6-29-7-15(26-18(9)29)19-27-17(28-32-19)12-4-14(22)16(5-13(12)21)31-10(2)8-30/h3-7,10,30H,8H2,1-2H3/t10-/m0/s1. The van der Waals surface area contributed by atoms with Gasteiger partial charge in [0.2, 0.25) is 5.82 Å². The normalized spacial score (nSPS) is 13.0. The lowest BCUT2D eigenvalue weighted by molar-refractivity contribution is -0.137. The molecule has 0 aliphatic carbocycles. The van der Waals surface area contributed by atoms with Gasteiger partial charge >= 0.3 is 6.18 Å². The number of aliphatic hydroxyl groups is 1. The van der Waals surface area contributed by atoms with Gasteiger partial charge in [-0.2, -0.15) is 18.2 Å². The van der Waals surface area contributed by atoms with Gasteiger partial charge in [0.05, 0.1) is 17.2 Å². The van der Waals surface area contributed by atoms with Gasteiger partial charge in [0, 0.05) is 24.0 Å². The van der Waals surface area contributed by atoms with Gasteiger partial charge < -0.3 is 18.8 Å². The van der Waals surface area contributed by atoms with Crippen molar-refractivity contribution in [3.63, 3.8) is 0 Å². The largest absolute Gasteiger partial charge is 0.485 e. The van der Waals surface area contributed by atoms with Crippen LogP contribution in [0.2, 0.25) is 5.02 Å². The number of nitrogens with zero attached hydrogens (tertiary/aromatic N) is 4. The molecule has 4 rings (SSSR count). The number of imidazole rings is 1. The number of fused-ring (bicyclic) bond motifs is 1. The highest BCUT2D eigenvalue weighted by Gasteiger charge is 2.31. The molecule has 0 saturated carbocycles. The van der Waals surface area contributed by atoms with Gasteiger partial charge in [0.15, 0.2) is 11.6 Å². The monoisotopic (exact) mass is 470 g/mol. The predicted octanol–water partition coefficient (Wildman–Crippen LogP) is 4.93. The summed E-state index contributed by atoms with van der Waals surface area (Å²) < 4.78 is 65.2. The number of hydrogen-bond donors (Lipinski definition) is 1. The fourth-order valence-electron chi connectivity index (χ4n) is 3.01. The number of rotatable bonds is 5. The summed E-state index contributed by atoms with van der Waals surface area (Å²) in [6.07, 6.45) is -2.91. The lowest BCUT2D eigenvalue weighted by Crippen LogP contribution is -2.16. The Kier molecular flexibility index (Phi) is 5.55. The maximum Gasteiger partial charge on any atom is 0.417 e. The van der Waals surface area contributed by atoms with Crippen LogP contribution >= 0.6 is 11.6 Å². The van der Waals surface area contributed by atoms with E-state index < -0.39 is 23.7 Å². The topological polar surface area (TPSA) is 85.7 Å². The van der Waals surface area contributed by atoms with Crippen LogP contribution in [0.15, 0.2) is 35.1 Å². The molecule has 1 atom stereocenters. The van der Waals surface area contributed by atoms with Crippen LogP contribution in [0, 0.1) is 12.7 Å². The van der Waals surface area contributed by atoms with Crippen LogP contribution in [0.5, 0.6) is 5.75 Å². The number of halogens is 5. The SMILES string of the molecule is Cc1cc(C(F)(F)F)cn2cc(-c3nc(-c4cc(F)c(O[C@@H](C)CO)cc4Cl)no3)nc12. The van der Waals surface area contributed by atoms with Gasteiger partial charge in [0.25, 0.3) is 5.89 Å². The number of pyridine rings is 1. The molecule has 4 aromatic rings. The summed E-state index contributed by atoms with van der Waals surface area (Å²) >= 11 is 6.21. The Balaban J connectivity index is 1.69. The summed E-state index contributed by atoms with van der Waals surface area (Å²) in [6.45, 7) is 2.75. The Morgan fingerprint density at radius 1 is 1.22 bits per heavy atom. The van der Waals surface area contributed by atoms with E-state index in [1.54, 1.807) is 6.92 Å². The van der Waals surface area contributed by atoms with Crippen molar-refractivity contribution in [3.8, 4) is 28.7 Å². The second-order valence-electron chi connectivity index (χ2n) is 7.06. The molecule has 7 nitrogen and oxygen atoms in total. The molecule has 0 saturated heterocycles. The van der Waals surface area contributed by atoms with Crippen molar-refractivity contribution < 1.29 is 31.9 Å². The van der Waals surface area contributed by atoms with Crippen molar-refractivity contribution in [3.05, 3.63) is 52.6 Å². The first-order chi connectivity index (χ1) is 15.1. The Labute approximate surface area is 183 Å². The van der Waals surface area contributed by atoms with Crippen molar-refractivity contribution in [2.24, 2.45) is 0 Å². The molecule has 0 bridgehead atoms. The van der Waals surface area contributed by atoms with Crippen molar-refractivity contribution in [2.45, 2.75) is 26.1 Å². The maximum atomic E-state index is 14.4. The van der Waals surface area contributed by atoms with E-state index in [0.717, 1.165) is 18.3 Å². The lowest BCUT2D eigenvalue weighted by Gasteiger charge is -2.13. The zero-order valence-corrected chi connectivity index (χ0v) is 17.4. The number of aromatic nitrogens is 4. The molecule has 32 heavy (non-hydrogen) atoms. The van der Waals surface area contributed by atoms with E-state index in [1.165, 1.54) is 23.6 Å². The molecule has 0 amide bonds. The summed E-state index contributed by atoms with van der Waals surface area (Å²) in [5, 5.41) is 12.9. The van der Waals surface area contributed by atoms with Crippen LogP contribution in [0.4, 0.5) is 17.6 Å². The molecule has 168 valence electrons. The van der Waals surface area contributed by atoms with Crippen LogP contribution in [-0.2, 0) is 6.18 Å². The second-order valence-corrected chi connectivity index (χ2v) is 7.47. The molecule has 0 aliphatic heterocycles. The minimum absolute atomic E-state index is 0.0459. The van der Waals surface area contributed by atoms with Gasteiger partial charge in [-0.3, -0.25) is 0 Å². The zero-order valence-electron chi connectivity index (χ0n) is 16.6. The number of aliphatic hydroxyl groups excluding tert-OH is 1. The summed E-state index contributed by atoms with van der Waals surface area (Å²) in [5.41, 5.74) is 0.0275. The Hall–Kier alpha value is -3.18. The molecule has 0 aliphatic rings. The predicted molar refractivity (Wildman–Crippen MR) is 106 cm³/mol. The van der Waals surface area contributed by atoms with Crippen molar-refractivity contribution >= 4 is 17.2 Å². The van der Waals surface area contributed by atoms with Gasteiger partial charge in [0.1, 0.15) is 17.4 Å². The van der Waals surface area contributed by atoms with Crippen molar-refractivity contribution in [2.75, 3.05) is 6.61 Å². The van der Waals surface area contributed by atoms with E-state index in [9.17, 15) is 17.6 Å². The molecule has 0 fully saturated rings. The van der Waals surface area contributed by atoms with E-state index in [4.69, 9.17) is 26.0 Å². The molecule has 3 aromatic heterocycles. The number of alkyl halides is 3. The van der Waals surface area contributed by atoms with E-state index in [2.05, 4.69) is 15.1 Å². The quantitative estimate of drug-likeness (QED) is 0.416.